The lowest BCUT2D eigenvalue weighted by Crippen LogP contribution is -2.34. The molecular formula is C38H76N2O3. The number of rotatable bonds is 34. The first kappa shape index (κ1) is 41.9. The zero-order chi connectivity index (χ0) is 31.6. The molecule has 5 nitrogen and oxygen atoms in total. The average molecular weight is 609 g/mol. The van der Waals surface area contributed by atoms with E-state index in [1.54, 1.807) is 0 Å². The fourth-order valence-electron chi connectivity index (χ4n) is 5.79. The highest BCUT2D eigenvalue weighted by Crippen LogP contribution is 2.12. The molecule has 0 spiro atoms. The molecule has 0 aromatic rings. The van der Waals surface area contributed by atoms with Crippen LogP contribution in [0.5, 0.6) is 0 Å². The van der Waals surface area contributed by atoms with Crippen molar-refractivity contribution in [3.63, 3.8) is 0 Å². The number of carbonyl (C=O) groups excluding carboxylic acids is 2. The largest absolute Gasteiger partial charge is 0.380 e. The summed E-state index contributed by atoms with van der Waals surface area (Å²) in [5, 5.41) is 0. The molecule has 5 heteroatoms. The number of unbranched alkanes of at least 4 members (excludes halogenated alkanes) is 20. The van der Waals surface area contributed by atoms with Crippen LogP contribution >= 0.6 is 0 Å². The average Bonchev–Trinajstić information content (AvgIpc) is 3.01. The number of nitrogens with zero attached hydrogens (tertiary/aromatic N) is 2. The van der Waals surface area contributed by atoms with Gasteiger partial charge in [-0.15, -0.1) is 0 Å². The van der Waals surface area contributed by atoms with Gasteiger partial charge in [0.25, 0.3) is 0 Å². The number of amides is 2. The minimum Gasteiger partial charge on any atom is -0.380 e. The van der Waals surface area contributed by atoms with Crippen LogP contribution in [0.1, 0.15) is 195 Å². The molecule has 0 fully saturated rings. The molecule has 0 atom stereocenters. The van der Waals surface area contributed by atoms with Gasteiger partial charge < -0.3 is 14.5 Å². The number of ether oxygens (including phenoxy) is 1. The Morgan fingerprint density at radius 1 is 0.372 bits per heavy atom. The first-order chi connectivity index (χ1) is 21.1. The molecule has 0 rings (SSSR count). The van der Waals surface area contributed by atoms with Gasteiger partial charge in [-0.1, -0.05) is 156 Å². The minimum atomic E-state index is 0.223. The molecule has 0 heterocycles. The normalized spacial score (nSPS) is 11.3. The zero-order valence-corrected chi connectivity index (χ0v) is 29.7. The molecular weight excluding hydrogens is 532 g/mol. The van der Waals surface area contributed by atoms with E-state index in [9.17, 15) is 9.59 Å². The predicted molar refractivity (Wildman–Crippen MR) is 187 cm³/mol. The number of hydrogen-bond donors (Lipinski definition) is 0. The van der Waals surface area contributed by atoms with Crippen LogP contribution in [-0.2, 0) is 14.3 Å². The van der Waals surface area contributed by atoms with Crippen LogP contribution in [0.25, 0.3) is 0 Å². The Bertz CT molecular complexity index is 516. The summed E-state index contributed by atoms with van der Waals surface area (Å²) in [6.45, 7) is 13.4. The second-order valence-corrected chi connectivity index (χ2v) is 12.9. The zero-order valence-electron chi connectivity index (χ0n) is 29.7. The fraction of sp³-hybridized carbons (Fsp3) is 0.947. The second kappa shape index (κ2) is 33.8. The fourth-order valence-corrected chi connectivity index (χ4v) is 5.79. The van der Waals surface area contributed by atoms with Crippen LogP contribution in [0.15, 0.2) is 0 Å². The van der Waals surface area contributed by atoms with Crippen LogP contribution in [0, 0.1) is 0 Å². The molecule has 43 heavy (non-hydrogen) atoms. The molecule has 0 aromatic heterocycles. The van der Waals surface area contributed by atoms with Gasteiger partial charge >= 0.3 is 0 Å². The lowest BCUT2D eigenvalue weighted by molar-refractivity contribution is -0.133. The van der Waals surface area contributed by atoms with Crippen molar-refractivity contribution in [1.29, 1.82) is 0 Å². The highest BCUT2D eigenvalue weighted by molar-refractivity contribution is 5.76. The van der Waals surface area contributed by atoms with Crippen molar-refractivity contribution in [3.05, 3.63) is 0 Å². The third-order valence-electron chi connectivity index (χ3n) is 8.75. The maximum absolute atomic E-state index is 13.1. The molecule has 0 unspecified atom stereocenters. The molecule has 0 bridgehead atoms. The molecule has 256 valence electrons. The van der Waals surface area contributed by atoms with E-state index >= 15 is 0 Å². The Balaban J connectivity index is 4.50. The summed E-state index contributed by atoms with van der Waals surface area (Å²) in [5.41, 5.74) is 0. The summed E-state index contributed by atoms with van der Waals surface area (Å²) in [4.78, 5) is 30.3. The highest BCUT2D eigenvalue weighted by atomic mass is 16.5. The third-order valence-corrected chi connectivity index (χ3v) is 8.75. The smallest absolute Gasteiger partial charge is 0.224 e. The number of hydrogen-bond acceptors (Lipinski definition) is 3. The molecule has 0 aliphatic carbocycles. The highest BCUT2D eigenvalue weighted by Gasteiger charge is 2.15. The monoisotopic (exact) mass is 609 g/mol. The van der Waals surface area contributed by atoms with E-state index in [0.717, 1.165) is 51.9 Å². The van der Waals surface area contributed by atoms with Crippen molar-refractivity contribution in [2.75, 3.05) is 39.4 Å². The maximum Gasteiger partial charge on any atom is 0.224 e. The van der Waals surface area contributed by atoms with Gasteiger partial charge in [-0.2, -0.15) is 0 Å². The summed E-state index contributed by atoms with van der Waals surface area (Å²) >= 11 is 0. The number of carbonyl (C=O) groups is 2. The molecule has 0 saturated heterocycles. The van der Waals surface area contributed by atoms with Crippen molar-refractivity contribution in [3.8, 4) is 0 Å². The molecule has 0 aliphatic heterocycles. The van der Waals surface area contributed by atoms with E-state index in [-0.39, 0.29) is 11.8 Å². The Morgan fingerprint density at radius 2 is 0.605 bits per heavy atom. The summed E-state index contributed by atoms with van der Waals surface area (Å²) in [7, 11) is 0. The topological polar surface area (TPSA) is 49.9 Å². The predicted octanol–water partition coefficient (Wildman–Crippen LogP) is 10.9. The SMILES string of the molecule is CCCCCCCCN(CCCCCCCC)C(=O)CCOCCC(=O)N(CCCCCCCC)CCCCCCCC. The first-order valence-electron chi connectivity index (χ1n) is 19.2. The van der Waals surface area contributed by atoms with Gasteiger partial charge in [-0.25, -0.2) is 0 Å². The van der Waals surface area contributed by atoms with Crippen LogP contribution in [0.3, 0.4) is 0 Å². The van der Waals surface area contributed by atoms with E-state index in [2.05, 4.69) is 37.5 Å². The van der Waals surface area contributed by atoms with Crippen molar-refractivity contribution >= 4 is 11.8 Å². The van der Waals surface area contributed by atoms with Crippen molar-refractivity contribution in [1.82, 2.24) is 9.80 Å². The van der Waals surface area contributed by atoms with Crippen LogP contribution in [0.4, 0.5) is 0 Å². The summed E-state index contributed by atoms with van der Waals surface area (Å²) < 4.78 is 5.86. The third kappa shape index (κ3) is 28.1. The van der Waals surface area contributed by atoms with Gasteiger partial charge in [0, 0.05) is 26.2 Å². The minimum absolute atomic E-state index is 0.223. The lowest BCUT2D eigenvalue weighted by Gasteiger charge is -2.24. The van der Waals surface area contributed by atoms with E-state index < -0.39 is 0 Å². The van der Waals surface area contributed by atoms with E-state index in [1.807, 2.05) is 0 Å². The second-order valence-electron chi connectivity index (χ2n) is 12.9. The van der Waals surface area contributed by atoms with E-state index in [1.165, 1.54) is 128 Å². The Kier molecular flexibility index (Phi) is 32.9. The first-order valence-corrected chi connectivity index (χ1v) is 19.2. The van der Waals surface area contributed by atoms with Crippen LogP contribution in [0.2, 0.25) is 0 Å². The summed E-state index contributed by atoms with van der Waals surface area (Å²) in [5.74, 6) is 0.447. The van der Waals surface area contributed by atoms with E-state index in [0.29, 0.717) is 26.1 Å². The summed E-state index contributed by atoms with van der Waals surface area (Å²) in [6, 6.07) is 0. The van der Waals surface area contributed by atoms with Gasteiger partial charge in [0.2, 0.25) is 11.8 Å². The lowest BCUT2D eigenvalue weighted by atomic mass is 10.1. The van der Waals surface area contributed by atoms with Gasteiger partial charge in [0.15, 0.2) is 0 Å². The van der Waals surface area contributed by atoms with Gasteiger partial charge in [0.1, 0.15) is 0 Å². The van der Waals surface area contributed by atoms with Gasteiger partial charge in [-0.05, 0) is 25.7 Å². The molecule has 2 amide bonds. The quantitative estimate of drug-likeness (QED) is 0.0683. The standard InChI is InChI=1S/C38H76N2O3/c1-5-9-13-17-21-25-31-39(32-26-22-18-14-10-6-2)37(41)29-35-43-36-30-38(42)40(33-27-23-19-15-11-7-3)34-28-24-20-16-12-8-4/h5-36H2,1-4H3. The van der Waals surface area contributed by atoms with Crippen LogP contribution < -0.4 is 0 Å². The molecule has 0 aromatic carbocycles. The Hall–Kier alpha value is -1.10. The van der Waals surface area contributed by atoms with Crippen molar-refractivity contribution in [2.45, 2.75) is 195 Å². The molecule has 0 radical (unpaired) electrons. The van der Waals surface area contributed by atoms with Gasteiger partial charge in [-0.3, -0.25) is 9.59 Å². The Labute approximate surface area is 269 Å². The molecule has 0 N–H and O–H groups in total. The van der Waals surface area contributed by atoms with Crippen molar-refractivity contribution in [2.24, 2.45) is 0 Å². The van der Waals surface area contributed by atoms with E-state index in [4.69, 9.17) is 4.74 Å². The Morgan fingerprint density at radius 3 is 0.860 bits per heavy atom. The van der Waals surface area contributed by atoms with Crippen molar-refractivity contribution < 1.29 is 14.3 Å². The molecule has 0 saturated carbocycles. The van der Waals surface area contributed by atoms with Gasteiger partial charge in [0.05, 0.1) is 26.1 Å². The maximum atomic E-state index is 13.1. The molecule has 0 aliphatic rings. The van der Waals surface area contributed by atoms with Crippen LogP contribution in [-0.4, -0.2) is 61.0 Å². The summed E-state index contributed by atoms with van der Waals surface area (Å²) in [6.07, 6.45) is 30.8.